The van der Waals surface area contributed by atoms with E-state index in [0.717, 1.165) is 28.8 Å². The summed E-state index contributed by atoms with van der Waals surface area (Å²) >= 11 is 1.40. The third kappa shape index (κ3) is 3.70. The van der Waals surface area contributed by atoms with E-state index >= 15 is 0 Å². The number of ether oxygens (including phenoxy) is 3. The van der Waals surface area contributed by atoms with Gasteiger partial charge in [0.2, 0.25) is 5.75 Å². The molecule has 3 heterocycles. The first-order chi connectivity index (χ1) is 16.5. The zero-order valence-corrected chi connectivity index (χ0v) is 20.0. The van der Waals surface area contributed by atoms with Gasteiger partial charge in [-0.05, 0) is 48.6 Å². The molecule has 4 aromatic rings. The van der Waals surface area contributed by atoms with Crippen LogP contribution in [0.25, 0.3) is 21.6 Å². The Morgan fingerprint density at radius 1 is 1.18 bits per heavy atom. The molecule has 0 saturated heterocycles. The number of aryl methyl sites for hydroxylation is 1. The second-order valence-electron chi connectivity index (χ2n) is 8.14. The molecular weight excluding hydrogens is 454 g/mol. The largest absolute Gasteiger partial charge is 0.493 e. The number of pyridine rings is 1. The van der Waals surface area contributed by atoms with Gasteiger partial charge in [-0.2, -0.15) is 0 Å². The van der Waals surface area contributed by atoms with Crippen LogP contribution in [-0.2, 0) is 13.0 Å². The van der Waals surface area contributed by atoms with Crippen LogP contribution >= 0.6 is 11.3 Å². The molecule has 0 bridgehead atoms. The van der Waals surface area contributed by atoms with Crippen molar-refractivity contribution < 1.29 is 19.3 Å². The molecule has 8 nitrogen and oxygen atoms in total. The Hall–Kier alpha value is -3.43. The van der Waals surface area contributed by atoms with Crippen molar-refractivity contribution in [1.29, 1.82) is 0 Å². The number of aliphatic hydroxyl groups is 1. The van der Waals surface area contributed by atoms with Gasteiger partial charge in [0, 0.05) is 22.8 Å². The van der Waals surface area contributed by atoms with E-state index < -0.39 is 6.10 Å². The Morgan fingerprint density at radius 2 is 1.94 bits per heavy atom. The fraction of sp³-hybridized carbons (Fsp3) is 0.320. The topological polar surface area (TPSA) is 95.7 Å². The van der Waals surface area contributed by atoms with Crippen LogP contribution in [0.4, 0.5) is 0 Å². The lowest BCUT2D eigenvalue weighted by molar-refractivity contribution is 0.161. The first-order valence-electron chi connectivity index (χ1n) is 11.0. The molecular formula is C25H25N3O5S. The summed E-state index contributed by atoms with van der Waals surface area (Å²) in [5.74, 6) is 1.89. The van der Waals surface area contributed by atoms with Crippen molar-refractivity contribution >= 4 is 21.6 Å². The SMILES string of the molecule is COc1cc(-c2nc3sc4c(c3c(=O)n2Cc2cccnc2)CCCC4O)cc(OC)c1OC. The minimum Gasteiger partial charge on any atom is -0.493 e. The molecule has 9 heteroatoms. The number of benzene rings is 1. The van der Waals surface area contributed by atoms with Crippen molar-refractivity contribution in [3.63, 3.8) is 0 Å². The fourth-order valence-electron chi connectivity index (χ4n) is 4.53. The zero-order chi connectivity index (χ0) is 23.8. The van der Waals surface area contributed by atoms with Crippen LogP contribution in [0.1, 0.15) is 34.9 Å². The summed E-state index contributed by atoms with van der Waals surface area (Å²) in [6.07, 6.45) is 5.19. The fourth-order valence-corrected chi connectivity index (χ4v) is 5.76. The first kappa shape index (κ1) is 22.4. The van der Waals surface area contributed by atoms with E-state index in [1.54, 1.807) is 50.4 Å². The third-order valence-corrected chi connectivity index (χ3v) is 7.36. The summed E-state index contributed by atoms with van der Waals surface area (Å²) in [4.78, 5) is 24.6. The van der Waals surface area contributed by atoms with Gasteiger partial charge in [-0.3, -0.25) is 14.3 Å². The van der Waals surface area contributed by atoms with Crippen molar-refractivity contribution in [1.82, 2.24) is 14.5 Å². The van der Waals surface area contributed by atoms with Gasteiger partial charge < -0.3 is 19.3 Å². The number of hydrogen-bond acceptors (Lipinski definition) is 8. The molecule has 1 unspecified atom stereocenters. The Labute approximate surface area is 200 Å². The van der Waals surface area contributed by atoms with Gasteiger partial charge in [-0.1, -0.05) is 6.07 Å². The second-order valence-corrected chi connectivity index (χ2v) is 9.17. The van der Waals surface area contributed by atoms with Gasteiger partial charge in [0.05, 0.1) is 39.4 Å². The Bertz CT molecular complexity index is 1390. The number of fused-ring (bicyclic) bond motifs is 3. The molecule has 34 heavy (non-hydrogen) atoms. The highest BCUT2D eigenvalue weighted by molar-refractivity contribution is 7.18. The van der Waals surface area contributed by atoms with Gasteiger partial charge in [-0.25, -0.2) is 4.98 Å². The van der Waals surface area contributed by atoms with Crippen LogP contribution in [0.5, 0.6) is 17.2 Å². The number of nitrogens with zero attached hydrogens (tertiary/aromatic N) is 3. The number of rotatable bonds is 6. The van der Waals surface area contributed by atoms with E-state index in [1.807, 2.05) is 12.1 Å². The van der Waals surface area contributed by atoms with Crippen molar-refractivity contribution in [3.8, 4) is 28.6 Å². The lowest BCUT2D eigenvalue weighted by Gasteiger charge is -2.18. The minimum atomic E-state index is -0.557. The molecule has 1 N–H and O–H groups in total. The molecule has 0 fully saturated rings. The van der Waals surface area contributed by atoms with Gasteiger partial charge in [-0.15, -0.1) is 11.3 Å². The maximum atomic E-state index is 13.9. The normalized spacial score (nSPS) is 15.2. The van der Waals surface area contributed by atoms with Gasteiger partial charge in [0.15, 0.2) is 11.5 Å². The highest BCUT2D eigenvalue weighted by Crippen LogP contribution is 2.43. The summed E-state index contributed by atoms with van der Waals surface area (Å²) in [6, 6.07) is 7.35. The molecule has 1 aliphatic carbocycles. The highest BCUT2D eigenvalue weighted by atomic mass is 32.1. The van der Waals surface area contributed by atoms with E-state index in [2.05, 4.69) is 4.98 Å². The van der Waals surface area contributed by atoms with Crippen molar-refractivity contribution in [2.24, 2.45) is 0 Å². The summed E-state index contributed by atoms with van der Waals surface area (Å²) in [5, 5.41) is 11.2. The lowest BCUT2D eigenvalue weighted by Crippen LogP contribution is -2.24. The summed E-state index contributed by atoms with van der Waals surface area (Å²) in [7, 11) is 4.65. The Balaban J connectivity index is 1.80. The maximum Gasteiger partial charge on any atom is 0.263 e. The van der Waals surface area contributed by atoms with Crippen LogP contribution in [-0.4, -0.2) is 41.0 Å². The van der Waals surface area contributed by atoms with E-state index in [0.29, 0.717) is 51.8 Å². The van der Waals surface area contributed by atoms with E-state index in [4.69, 9.17) is 19.2 Å². The van der Waals surface area contributed by atoms with E-state index in [9.17, 15) is 9.90 Å². The molecule has 1 aliphatic rings. The monoisotopic (exact) mass is 479 g/mol. The van der Waals surface area contributed by atoms with Gasteiger partial charge in [0.1, 0.15) is 10.7 Å². The molecule has 0 radical (unpaired) electrons. The second kappa shape index (κ2) is 9.08. The van der Waals surface area contributed by atoms with E-state index in [1.165, 1.54) is 11.3 Å². The standard InChI is InChI=1S/C25H25N3O5S/c1-31-18-10-15(11-19(32-2)21(18)33-3)23-27-24-20(16-7-4-8-17(29)22(16)34-24)25(30)28(23)13-14-6-5-9-26-12-14/h5-6,9-12,17,29H,4,7-8,13H2,1-3H3. The molecule has 3 aromatic heterocycles. The Kier molecular flexibility index (Phi) is 5.97. The maximum absolute atomic E-state index is 13.9. The van der Waals surface area contributed by atoms with Crippen LogP contribution in [0, 0.1) is 0 Å². The number of thiophene rings is 1. The molecule has 5 rings (SSSR count). The lowest BCUT2D eigenvalue weighted by atomic mass is 9.95. The smallest absolute Gasteiger partial charge is 0.263 e. The average Bonchev–Trinajstić information content (AvgIpc) is 3.25. The molecule has 0 aliphatic heterocycles. The number of methoxy groups -OCH3 is 3. The Morgan fingerprint density at radius 3 is 2.59 bits per heavy atom. The molecule has 1 atom stereocenters. The number of aliphatic hydroxyl groups excluding tert-OH is 1. The van der Waals surface area contributed by atoms with Crippen LogP contribution < -0.4 is 19.8 Å². The molecule has 176 valence electrons. The minimum absolute atomic E-state index is 0.135. The highest BCUT2D eigenvalue weighted by Gasteiger charge is 2.27. The van der Waals surface area contributed by atoms with Gasteiger partial charge in [0.25, 0.3) is 5.56 Å². The van der Waals surface area contributed by atoms with Crippen LogP contribution in [0.15, 0.2) is 41.5 Å². The molecule has 0 saturated carbocycles. The summed E-state index contributed by atoms with van der Waals surface area (Å²) in [5.41, 5.74) is 2.32. The third-order valence-electron chi connectivity index (χ3n) is 6.14. The van der Waals surface area contributed by atoms with Crippen molar-refractivity contribution in [3.05, 3.63) is 63.0 Å². The quantitative estimate of drug-likeness (QED) is 0.447. The van der Waals surface area contributed by atoms with Crippen LogP contribution in [0.3, 0.4) is 0 Å². The van der Waals surface area contributed by atoms with E-state index in [-0.39, 0.29) is 5.56 Å². The molecule has 0 amide bonds. The summed E-state index contributed by atoms with van der Waals surface area (Å²) in [6.45, 7) is 0.300. The molecule has 0 spiro atoms. The van der Waals surface area contributed by atoms with Crippen molar-refractivity contribution in [2.45, 2.75) is 31.9 Å². The zero-order valence-electron chi connectivity index (χ0n) is 19.2. The number of hydrogen-bond donors (Lipinski definition) is 1. The van der Waals surface area contributed by atoms with Crippen molar-refractivity contribution in [2.75, 3.05) is 21.3 Å². The molecule has 1 aromatic carbocycles. The van der Waals surface area contributed by atoms with Crippen LogP contribution in [0.2, 0.25) is 0 Å². The average molecular weight is 480 g/mol. The first-order valence-corrected chi connectivity index (χ1v) is 11.8. The predicted molar refractivity (Wildman–Crippen MR) is 130 cm³/mol. The number of aromatic nitrogens is 3. The van der Waals surface area contributed by atoms with Gasteiger partial charge >= 0.3 is 0 Å². The predicted octanol–water partition coefficient (Wildman–Crippen LogP) is 3.96. The summed E-state index contributed by atoms with van der Waals surface area (Å²) < 4.78 is 18.2.